The molecule has 98 valence electrons. The van der Waals surface area contributed by atoms with E-state index < -0.39 is 11.3 Å². The summed E-state index contributed by atoms with van der Waals surface area (Å²) in [7, 11) is 0. The summed E-state index contributed by atoms with van der Waals surface area (Å²) in [5.74, 6) is 0. The summed E-state index contributed by atoms with van der Waals surface area (Å²) in [6.45, 7) is 8.81. The van der Waals surface area contributed by atoms with Crippen LogP contribution in [0.5, 0.6) is 0 Å². The molecule has 5 heteroatoms. The number of nitrogens with zero attached hydrogens (tertiary/aromatic N) is 1. The lowest BCUT2D eigenvalue weighted by molar-refractivity contribution is 0.301. The fraction of sp³-hybridized carbons (Fsp3) is 0.231. The summed E-state index contributed by atoms with van der Waals surface area (Å²) in [4.78, 5) is 0. The van der Waals surface area contributed by atoms with Crippen molar-refractivity contribution in [3.8, 4) is 0 Å². The van der Waals surface area contributed by atoms with Gasteiger partial charge >= 0.3 is 0 Å². The third kappa shape index (κ3) is 2.87. The highest BCUT2D eigenvalue weighted by atomic mass is 32.2. The molecule has 1 aliphatic rings. The van der Waals surface area contributed by atoms with Crippen LogP contribution in [0.2, 0.25) is 0 Å². The van der Waals surface area contributed by atoms with Crippen LogP contribution in [0.15, 0.2) is 60.4 Å². The molecule has 0 aromatic carbocycles. The largest absolute Gasteiger partial charge is 0.392 e. The second-order valence-corrected chi connectivity index (χ2v) is 4.61. The first kappa shape index (κ1) is 14.6. The molecule has 0 bridgehead atoms. The number of hydrogen-bond donors (Lipinski definition) is 2. The maximum atomic E-state index is 11.5. The molecular formula is C13H17NO3S. The highest BCUT2D eigenvalue weighted by Gasteiger charge is 2.30. The van der Waals surface area contributed by atoms with Crippen LogP contribution in [0.25, 0.3) is 0 Å². The SMILES string of the molecule is C=C/C=C1/C=C(CO)[C@@H](C)N(S(=O)O)/C1=C/C=C. The summed E-state index contributed by atoms with van der Waals surface area (Å²) in [5, 5.41) is 9.29. The van der Waals surface area contributed by atoms with Crippen LogP contribution in [0.4, 0.5) is 0 Å². The molecule has 0 radical (unpaired) electrons. The summed E-state index contributed by atoms with van der Waals surface area (Å²) >= 11 is -2.17. The van der Waals surface area contributed by atoms with E-state index in [1.165, 1.54) is 4.31 Å². The highest BCUT2D eigenvalue weighted by molar-refractivity contribution is 7.76. The lowest BCUT2D eigenvalue weighted by Crippen LogP contribution is -2.39. The standard InChI is InChI=1S/C13H17NO3S/c1-4-6-11-8-12(9-15)10(3)14(18(16)17)13(11)7-5-2/h4-8,10,15H,1-2,9H2,3H3,(H,16,17)/b11-6-,13-7+/t10-/m1/s1. The molecule has 0 aliphatic carbocycles. The Bertz CT molecular complexity index is 463. The van der Waals surface area contributed by atoms with Gasteiger partial charge in [-0.3, -0.25) is 8.86 Å². The molecule has 4 nitrogen and oxygen atoms in total. The first-order valence-corrected chi connectivity index (χ1v) is 6.50. The van der Waals surface area contributed by atoms with Gasteiger partial charge in [0.1, 0.15) is 0 Å². The van der Waals surface area contributed by atoms with Crippen molar-refractivity contribution in [2.24, 2.45) is 0 Å². The molecule has 0 saturated heterocycles. The molecule has 1 rings (SSSR count). The van der Waals surface area contributed by atoms with Crippen molar-refractivity contribution in [3.05, 3.63) is 60.4 Å². The van der Waals surface area contributed by atoms with Crippen molar-refractivity contribution >= 4 is 11.3 Å². The van der Waals surface area contributed by atoms with E-state index in [-0.39, 0.29) is 12.6 Å². The van der Waals surface area contributed by atoms with Crippen molar-refractivity contribution in [1.29, 1.82) is 0 Å². The fourth-order valence-electron chi connectivity index (χ4n) is 1.82. The van der Waals surface area contributed by atoms with E-state index in [9.17, 15) is 13.9 Å². The van der Waals surface area contributed by atoms with E-state index >= 15 is 0 Å². The van der Waals surface area contributed by atoms with Gasteiger partial charge in [0.2, 0.25) is 0 Å². The lowest BCUT2D eigenvalue weighted by Gasteiger charge is -2.35. The molecule has 0 saturated carbocycles. The second kappa shape index (κ2) is 6.49. The van der Waals surface area contributed by atoms with Gasteiger partial charge in [0.25, 0.3) is 11.3 Å². The molecule has 1 aliphatic heterocycles. The lowest BCUT2D eigenvalue weighted by atomic mass is 9.97. The molecule has 0 aromatic heterocycles. The molecule has 2 atom stereocenters. The normalized spacial score (nSPS) is 26.1. The molecule has 18 heavy (non-hydrogen) atoms. The van der Waals surface area contributed by atoms with Crippen LogP contribution in [0, 0.1) is 0 Å². The van der Waals surface area contributed by atoms with E-state index in [1.54, 1.807) is 37.3 Å². The van der Waals surface area contributed by atoms with Crippen molar-refractivity contribution in [2.45, 2.75) is 13.0 Å². The van der Waals surface area contributed by atoms with Crippen molar-refractivity contribution in [3.63, 3.8) is 0 Å². The minimum absolute atomic E-state index is 0.162. The number of allylic oxidation sites excluding steroid dienone is 5. The smallest absolute Gasteiger partial charge is 0.262 e. The number of aliphatic hydroxyl groups excluding tert-OH is 1. The molecule has 2 N–H and O–H groups in total. The van der Waals surface area contributed by atoms with E-state index in [0.717, 1.165) is 5.57 Å². The van der Waals surface area contributed by atoms with Gasteiger partial charge in [0.15, 0.2) is 0 Å². The zero-order valence-electron chi connectivity index (χ0n) is 10.2. The molecular weight excluding hydrogens is 250 g/mol. The van der Waals surface area contributed by atoms with Gasteiger partial charge in [-0.05, 0) is 30.2 Å². The van der Waals surface area contributed by atoms with Gasteiger partial charge in [0.05, 0.1) is 18.3 Å². The van der Waals surface area contributed by atoms with Gasteiger partial charge in [-0.1, -0.05) is 31.4 Å². The Labute approximate surface area is 110 Å². The summed E-state index contributed by atoms with van der Waals surface area (Å²) in [5.41, 5.74) is 1.97. The topological polar surface area (TPSA) is 60.8 Å². The van der Waals surface area contributed by atoms with E-state index in [4.69, 9.17) is 0 Å². The molecule has 0 aromatic rings. The molecule has 0 amide bonds. The second-order valence-electron chi connectivity index (χ2n) is 3.76. The van der Waals surface area contributed by atoms with Gasteiger partial charge < -0.3 is 5.11 Å². The van der Waals surface area contributed by atoms with Gasteiger partial charge in [-0.2, -0.15) is 0 Å². The van der Waals surface area contributed by atoms with Gasteiger partial charge in [-0.25, -0.2) is 4.21 Å². The van der Waals surface area contributed by atoms with E-state index in [2.05, 4.69) is 13.2 Å². The van der Waals surface area contributed by atoms with Crippen LogP contribution in [0.1, 0.15) is 6.92 Å². The number of rotatable bonds is 4. The van der Waals surface area contributed by atoms with Crippen LogP contribution in [-0.2, 0) is 11.3 Å². The molecule has 1 heterocycles. The maximum absolute atomic E-state index is 11.5. The van der Waals surface area contributed by atoms with Crippen molar-refractivity contribution in [1.82, 2.24) is 4.31 Å². The Morgan fingerprint density at radius 2 is 2.06 bits per heavy atom. The van der Waals surface area contributed by atoms with E-state index in [0.29, 0.717) is 11.3 Å². The summed E-state index contributed by atoms with van der Waals surface area (Å²) in [6, 6.07) is -0.353. The maximum Gasteiger partial charge on any atom is 0.262 e. The minimum atomic E-state index is -2.17. The highest BCUT2D eigenvalue weighted by Crippen LogP contribution is 2.30. The molecule has 0 fully saturated rings. The Balaban J connectivity index is 3.42. The fourth-order valence-corrected chi connectivity index (χ4v) is 2.56. The van der Waals surface area contributed by atoms with Gasteiger partial charge in [0, 0.05) is 0 Å². The first-order chi connectivity index (χ1) is 8.56. The van der Waals surface area contributed by atoms with Crippen LogP contribution in [-0.4, -0.2) is 30.8 Å². The minimum Gasteiger partial charge on any atom is -0.392 e. The summed E-state index contributed by atoms with van der Waals surface area (Å²) < 4.78 is 22.2. The average Bonchev–Trinajstić information content (AvgIpc) is 2.32. The Hall–Kier alpha value is -1.43. The Morgan fingerprint density at radius 3 is 2.50 bits per heavy atom. The molecule has 1 unspecified atom stereocenters. The number of aliphatic hydroxyl groups is 1. The average molecular weight is 267 g/mol. The summed E-state index contributed by atoms with van der Waals surface area (Å²) in [6.07, 6.45) is 8.31. The monoisotopic (exact) mass is 267 g/mol. The quantitative estimate of drug-likeness (QED) is 0.765. The van der Waals surface area contributed by atoms with Crippen molar-refractivity contribution < 1.29 is 13.9 Å². The molecule has 0 spiro atoms. The zero-order valence-corrected chi connectivity index (χ0v) is 11.1. The predicted octanol–water partition coefficient (Wildman–Crippen LogP) is 1.93. The van der Waals surface area contributed by atoms with Crippen LogP contribution < -0.4 is 0 Å². The van der Waals surface area contributed by atoms with Crippen LogP contribution >= 0.6 is 0 Å². The third-order valence-corrected chi connectivity index (χ3v) is 3.54. The Morgan fingerprint density at radius 1 is 1.44 bits per heavy atom. The number of hydrogen-bond acceptors (Lipinski definition) is 2. The van der Waals surface area contributed by atoms with Crippen molar-refractivity contribution in [2.75, 3.05) is 6.61 Å². The predicted molar refractivity (Wildman–Crippen MR) is 73.8 cm³/mol. The van der Waals surface area contributed by atoms with E-state index in [1.807, 2.05) is 0 Å². The van der Waals surface area contributed by atoms with Crippen LogP contribution in [0.3, 0.4) is 0 Å². The third-order valence-electron chi connectivity index (χ3n) is 2.69. The first-order valence-electron chi connectivity index (χ1n) is 5.44. The Kier molecular flexibility index (Phi) is 5.27. The zero-order chi connectivity index (χ0) is 13.7. The van der Waals surface area contributed by atoms with Gasteiger partial charge in [-0.15, -0.1) is 0 Å².